The number of methoxy groups -OCH3 is 2. The van der Waals surface area contributed by atoms with Gasteiger partial charge in [0, 0.05) is 35.6 Å². The Kier molecular flexibility index (Phi) is 7.63. The van der Waals surface area contributed by atoms with Crippen LogP contribution in [0.2, 0.25) is 0 Å². The highest BCUT2D eigenvalue weighted by Crippen LogP contribution is 2.41. The smallest absolute Gasteiger partial charge is 0.319 e. The molecule has 2 heterocycles. The van der Waals surface area contributed by atoms with Gasteiger partial charge in [0.25, 0.3) is 0 Å². The van der Waals surface area contributed by atoms with E-state index in [2.05, 4.69) is 29.7 Å². The molecule has 12 nitrogen and oxygen atoms in total. The molecular formula is C31H34N6O6S2. The summed E-state index contributed by atoms with van der Waals surface area (Å²) in [6.07, 6.45) is 9.15. The van der Waals surface area contributed by atoms with Crippen LogP contribution in [0.1, 0.15) is 56.4 Å². The lowest BCUT2D eigenvalue weighted by atomic mass is 9.80. The van der Waals surface area contributed by atoms with Crippen molar-refractivity contribution >= 4 is 42.3 Å². The summed E-state index contributed by atoms with van der Waals surface area (Å²) in [7, 11) is -4.73. The Hall–Kier alpha value is -3.85. The second-order valence-corrected chi connectivity index (χ2v) is 15.2. The third-order valence-electron chi connectivity index (χ3n) is 8.43. The van der Waals surface area contributed by atoms with E-state index in [0.717, 1.165) is 50.5 Å². The number of rotatable bonds is 12. The predicted molar refractivity (Wildman–Crippen MR) is 169 cm³/mol. The molecule has 0 amide bonds. The summed E-state index contributed by atoms with van der Waals surface area (Å²) in [6.45, 7) is 0. The number of hydrogen-bond donors (Lipinski definition) is 3. The van der Waals surface area contributed by atoms with Crippen LogP contribution in [-0.2, 0) is 20.0 Å². The van der Waals surface area contributed by atoms with Crippen molar-refractivity contribution in [3.63, 3.8) is 0 Å². The van der Waals surface area contributed by atoms with E-state index in [1.807, 2.05) is 12.1 Å². The van der Waals surface area contributed by atoms with E-state index in [0.29, 0.717) is 39.3 Å². The van der Waals surface area contributed by atoms with Gasteiger partial charge in [-0.05, 0) is 79.8 Å². The first kappa shape index (κ1) is 29.8. The summed E-state index contributed by atoms with van der Waals surface area (Å²) in [5.41, 5.74) is 3.53. The molecule has 45 heavy (non-hydrogen) atoms. The summed E-state index contributed by atoms with van der Waals surface area (Å²) in [6, 6.07) is 10.6. The van der Waals surface area contributed by atoms with Gasteiger partial charge in [-0.2, -0.15) is 4.98 Å². The molecule has 0 spiro atoms. The first-order valence-electron chi connectivity index (χ1n) is 15.0. The summed E-state index contributed by atoms with van der Waals surface area (Å²) in [4.78, 5) is 13.2. The van der Waals surface area contributed by atoms with Crippen molar-refractivity contribution in [1.29, 1.82) is 0 Å². The molecule has 3 aliphatic carbocycles. The predicted octanol–water partition coefficient (Wildman–Crippen LogP) is 4.60. The molecule has 3 saturated carbocycles. The molecular weight excluding hydrogens is 617 g/mol. The van der Waals surface area contributed by atoms with Gasteiger partial charge in [-0.15, -0.1) is 0 Å². The van der Waals surface area contributed by atoms with Crippen LogP contribution in [0.15, 0.2) is 58.6 Å². The second kappa shape index (κ2) is 11.5. The molecule has 2 aromatic heterocycles. The number of benzene rings is 2. The molecule has 0 saturated heterocycles. The molecule has 3 N–H and O–H groups in total. The van der Waals surface area contributed by atoms with Crippen LogP contribution in [-0.4, -0.2) is 58.1 Å². The van der Waals surface area contributed by atoms with Crippen LogP contribution in [0, 0.1) is 0 Å². The Morgan fingerprint density at radius 1 is 0.800 bits per heavy atom. The average Bonchev–Trinajstić information content (AvgIpc) is 3.94. The fourth-order valence-corrected chi connectivity index (χ4v) is 8.23. The number of fused-ring (bicyclic) bond motifs is 1. The molecule has 0 aliphatic heterocycles. The highest BCUT2D eigenvalue weighted by Gasteiger charge is 2.32. The summed E-state index contributed by atoms with van der Waals surface area (Å²) >= 11 is 0. The van der Waals surface area contributed by atoms with E-state index in [1.165, 1.54) is 20.4 Å². The van der Waals surface area contributed by atoms with Crippen LogP contribution >= 0.6 is 0 Å². The minimum Gasteiger partial charge on any atom is -0.480 e. The van der Waals surface area contributed by atoms with E-state index in [-0.39, 0.29) is 33.8 Å². The fourth-order valence-electron chi connectivity index (χ4n) is 5.42. The normalized spacial score (nSPS) is 17.2. The van der Waals surface area contributed by atoms with Gasteiger partial charge in [0.05, 0.1) is 35.9 Å². The highest BCUT2D eigenvalue weighted by molar-refractivity contribution is 7.90. The maximum atomic E-state index is 13.6. The lowest BCUT2D eigenvalue weighted by Gasteiger charge is -2.27. The number of sulfonamides is 2. The molecule has 236 valence electrons. The van der Waals surface area contributed by atoms with Gasteiger partial charge in [-0.1, -0.05) is 18.6 Å². The topological polar surface area (TPSA) is 162 Å². The molecule has 4 aromatic rings. The Balaban J connectivity index is 1.35. The number of nitrogens with zero attached hydrogens (tertiary/aromatic N) is 3. The van der Waals surface area contributed by atoms with Crippen LogP contribution in [0.4, 0.5) is 11.4 Å². The average molecular weight is 651 g/mol. The Morgan fingerprint density at radius 2 is 1.53 bits per heavy atom. The van der Waals surface area contributed by atoms with E-state index < -0.39 is 20.0 Å². The third-order valence-corrected chi connectivity index (χ3v) is 11.5. The van der Waals surface area contributed by atoms with Crippen molar-refractivity contribution in [2.75, 3.05) is 19.5 Å². The van der Waals surface area contributed by atoms with Crippen molar-refractivity contribution in [2.24, 2.45) is 0 Å². The van der Waals surface area contributed by atoms with Gasteiger partial charge < -0.3 is 14.8 Å². The maximum absolute atomic E-state index is 13.6. The molecule has 0 bridgehead atoms. The van der Waals surface area contributed by atoms with Crippen LogP contribution in [0.25, 0.3) is 22.0 Å². The molecule has 0 unspecified atom stereocenters. The number of nitrogens with one attached hydrogen (secondary N) is 3. The monoisotopic (exact) mass is 650 g/mol. The number of aromatic nitrogens is 3. The Labute approximate surface area is 262 Å². The van der Waals surface area contributed by atoms with Crippen molar-refractivity contribution in [2.45, 2.75) is 72.7 Å². The maximum Gasteiger partial charge on any atom is 0.319 e. The molecule has 3 fully saturated rings. The quantitative estimate of drug-likeness (QED) is 0.198. The minimum atomic E-state index is -3.95. The molecule has 2 aromatic carbocycles. The second-order valence-electron chi connectivity index (χ2n) is 11.8. The Bertz CT molecular complexity index is 2010. The molecule has 0 atom stereocenters. The lowest BCUT2D eigenvalue weighted by molar-refractivity contribution is 0.353. The SMILES string of the molecule is COc1ncc(-c2ccc3c(Nc4cc(C5CCC5)cc(S(=O)(=O)NC5CC5)c4)c(S(=O)(=O)NC4CC4)cnc3c2)c(OC)n1. The largest absolute Gasteiger partial charge is 0.480 e. The Morgan fingerprint density at radius 3 is 2.18 bits per heavy atom. The summed E-state index contributed by atoms with van der Waals surface area (Å²) < 4.78 is 70.0. The van der Waals surface area contributed by atoms with Crippen molar-refractivity contribution < 1.29 is 26.3 Å². The van der Waals surface area contributed by atoms with E-state index in [1.54, 1.807) is 30.5 Å². The van der Waals surface area contributed by atoms with Gasteiger partial charge in [0.15, 0.2) is 0 Å². The van der Waals surface area contributed by atoms with Gasteiger partial charge in [0.2, 0.25) is 25.9 Å². The van der Waals surface area contributed by atoms with Crippen LogP contribution in [0.3, 0.4) is 0 Å². The molecule has 3 aliphatic rings. The van der Waals surface area contributed by atoms with Crippen molar-refractivity contribution in [3.8, 4) is 23.0 Å². The number of hydrogen-bond acceptors (Lipinski definition) is 10. The minimum absolute atomic E-state index is 0.0189. The number of pyridine rings is 1. The lowest BCUT2D eigenvalue weighted by Crippen LogP contribution is -2.27. The van der Waals surface area contributed by atoms with E-state index in [9.17, 15) is 16.8 Å². The van der Waals surface area contributed by atoms with Crippen molar-refractivity contribution in [1.82, 2.24) is 24.4 Å². The molecule has 7 rings (SSSR count). The van der Waals surface area contributed by atoms with Crippen LogP contribution in [0.5, 0.6) is 11.9 Å². The van der Waals surface area contributed by atoms with Gasteiger partial charge in [-0.3, -0.25) is 4.98 Å². The first-order valence-corrected chi connectivity index (χ1v) is 17.9. The van der Waals surface area contributed by atoms with Gasteiger partial charge in [-0.25, -0.2) is 31.3 Å². The number of ether oxygens (including phenoxy) is 2. The zero-order chi connectivity index (χ0) is 31.3. The zero-order valence-electron chi connectivity index (χ0n) is 24.9. The summed E-state index contributed by atoms with van der Waals surface area (Å²) in [5.74, 6) is 0.563. The van der Waals surface area contributed by atoms with E-state index >= 15 is 0 Å². The summed E-state index contributed by atoms with van der Waals surface area (Å²) in [5, 5.41) is 3.86. The highest BCUT2D eigenvalue weighted by atomic mass is 32.2. The number of anilines is 2. The van der Waals surface area contributed by atoms with Crippen LogP contribution < -0.4 is 24.2 Å². The molecule has 0 radical (unpaired) electrons. The van der Waals surface area contributed by atoms with Crippen molar-refractivity contribution in [3.05, 3.63) is 54.4 Å². The van der Waals surface area contributed by atoms with E-state index in [4.69, 9.17) is 9.47 Å². The third kappa shape index (κ3) is 6.19. The zero-order valence-corrected chi connectivity index (χ0v) is 26.5. The van der Waals surface area contributed by atoms with Gasteiger partial charge >= 0.3 is 6.01 Å². The first-order chi connectivity index (χ1) is 21.6. The fraction of sp³-hybridized carbons (Fsp3) is 0.387. The van der Waals surface area contributed by atoms with Gasteiger partial charge in [0.1, 0.15) is 4.90 Å². The standard InChI is InChI=1S/C31H34N6O6S2/c1-42-30-26(16-33-31(35-30)43-2)19-6-11-25-27(14-19)32-17-28(45(40,41)37-22-9-10-22)29(25)34-23-12-20(18-4-3-5-18)13-24(15-23)44(38,39)36-21-7-8-21/h6,11-18,21-22,36-37H,3-5,7-10H2,1-2H3,(H,32,34). The molecule has 14 heteroatoms.